The second-order valence-corrected chi connectivity index (χ2v) is 7.74. The topological polar surface area (TPSA) is 60.9 Å². The average molecular weight is 376 g/mol. The number of anilines is 1. The quantitative estimate of drug-likeness (QED) is 0.809. The first-order valence-electron chi connectivity index (χ1n) is 9.16. The van der Waals surface area contributed by atoms with Gasteiger partial charge in [-0.15, -0.1) is 0 Å². The van der Waals surface area contributed by atoms with Crippen LogP contribution >= 0.6 is 11.6 Å². The van der Waals surface area contributed by atoms with E-state index in [1.54, 1.807) is 34.1 Å². The smallest absolute Gasteiger partial charge is 0.228 e. The first kappa shape index (κ1) is 17.3. The van der Waals surface area contributed by atoms with Gasteiger partial charge in [-0.1, -0.05) is 11.6 Å². The zero-order chi connectivity index (χ0) is 18.3. The number of piperazine rings is 1. The minimum atomic E-state index is -0.316. The average Bonchev–Trinajstić information content (AvgIpc) is 3.44. The highest BCUT2D eigenvalue weighted by atomic mass is 35.5. The van der Waals surface area contributed by atoms with Gasteiger partial charge in [-0.2, -0.15) is 0 Å². The molecule has 0 bridgehead atoms. The molecule has 0 N–H and O–H groups in total. The monoisotopic (exact) mass is 375 g/mol. The molecule has 1 aromatic rings. The molecule has 1 aliphatic carbocycles. The predicted octanol–water partition coefficient (Wildman–Crippen LogP) is 1.77. The second kappa shape index (κ2) is 6.91. The second-order valence-electron chi connectivity index (χ2n) is 7.31. The van der Waals surface area contributed by atoms with Gasteiger partial charge in [0.1, 0.15) is 0 Å². The van der Waals surface area contributed by atoms with E-state index in [0.717, 1.165) is 18.5 Å². The fraction of sp³-hybridized carbons (Fsp3) is 0.526. The Hall–Kier alpha value is -2.08. The summed E-state index contributed by atoms with van der Waals surface area (Å²) < 4.78 is 0. The molecule has 2 aliphatic heterocycles. The Kier molecular flexibility index (Phi) is 4.61. The minimum absolute atomic E-state index is 0.0216. The van der Waals surface area contributed by atoms with E-state index < -0.39 is 0 Å². The Bertz CT molecular complexity index is 724. The Morgan fingerprint density at radius 3 is 1.96 bits per heavy atom. The van der Waals surface area contributed by atoms with E-state index in [2.05, 4.69) is 0 Å². The van der Waals surface area contributed by atoms with Crippen molar-refractivity contribution >= 4 is 35.0 Å². The van der Waals surface area contributed by atoms with E-state index in [-0.39, 0.29) is 36.0 Å². The van der Waals surface area contributed by atoms with Gasteiger partial charge in [0.25, 0.3) is 0 Å². The zero-order valence-electron chi connectivity index (χ0n) is 14.6. The summed E-state index contributed by atoms with van der Waals surface area (Å²) in [5.41, 5.74) is 0.773. The Balaban J connectivity index is 1.34. The molecule has 1 saturated carbocycles. The lowest BCUT2D eigenvalue weighted by molar-refractivity contribution is -0.142. The van der Waals surface area contributed by atoms with E-state index in [0.29, 0.717) is 37.7 Å². The molecule has 0 aromatic heterocycles. The minimum Gasteiger partial charge on any atom is -0.339 e. The molecular formula is C19H22ClN3O3. The van der Waals surface area contributed by atoms with Crippen molar-refractivity contribution in [3.8, 4) is 0 Å². The van der Waals surface area contributed by atoms with Gasteiger partial charge in [-0.05, 0) is 37.1 Å². The van der Waals surface area contributed by atoms with Crippen LogP contribution in [0.4, 0.5) is 5.69 Å². The Labute approximate surface area is 157 Å². The maximum absolute atomic E-state index is 12.8. The molecule has 0 spiro atoms. The third-order valence-corrected chi connectivity index (χ3v) is 5.69. The summed E-state index contributed by atoms with van der Waals surface area (Å²) in [6.07, 6.45) is 2.24. The van der Waals surface area contributed by atoms with Crippen LogP contribution in [0.25, 0.3) is 0 Å². The molecule has 0 unspecified atom stereocenters. The number of carbonyl (C=O) groups is 3. The van der Waals surface area contributed by atoms with E-state index in [1.165, 1.54) is 0 Å². The molecule has 3 aliphatic rings. The third kappa shape index (κ3) is 3.43. The summed E-state index contributed by atoms with van der Waals surface area (Å²) in [7, 11) is 0. The molecule has 26 heavy (non-hydrogen) atoms. The summed E-state index contributed by atoms with van der Waals surface area (Å²) in [5, 5.41) is 0.617. The third-order valence-electron chi connectivity index (χ3n) is 5.44. The van der Waals surface area contributed by atoms with E-state index in [4.69, 9.17) is 11.6 Å². The molecule has 6 nitrogen and oxygen atoms in total. The van der Waals surface area contributed by atoms with Gasteiger partial charge in [0.05, 0.1) is 5.92 Å². The van der Waals surface area contributed by atoms with Crippen LogP contribution in [0, 0.1) is 11.8 Å². The van der Waals surface area contributed by atoms with Crippen LogP contribution in [0.1, 0.15) is 19.3 Å². The number of amides is 3. The predicted molar refractivity (Wildman–Crippen MR) is 97.8 cm³/mol. The number of hydrogen-bond acceptors (Lipinski definition) is 3. The van der Waals surface area contributed by atoms with E-state index in [9.17, 15) is 14.4 Å². The van der Waals surface area contributed by atoms with Crippen LogP contribution < -0.4 is 4.90 Å². The number of carbonyl (C=O) groups excluding carboxylic acids is 3. The summed E-state index contributed by atoms with van der Waals surface area (Å²) in [6.45, 7) is 2.72. The van der Waals surface area contributed by atoms with Gasteiger partial charge in [-0.3, -0.25) is 14.4 Å². The molecule has 2 saturated heterocycles. The maximum atomic E-state index is 12.8. The highest BCUT2D eigenvalue weighted by Crippen LogP contribution is 2.32. The van der Waals surface area contributed by atoms with Crippen molar-refractivity contribution in [2.45, 2.75) is 19.3 Å². The van der Waals surface area contributed by atoms with Gasteiger partial charge in [-0.25, -0.2) is 0 Å². The SMILES string of the molecule is O=C(C1CC1)N1CCN(C(=O)[C@H]2CC(=O)N(c3ccc(Cl)cc3)C2)CC1. The molecular weight excluding hydrogens is 354 g/mol. The fourth-order valence-electron chi connectivity index (χ4n) is 3.74. The van der Waals surface area contributed by atoms with Crippen LogP contribution in [-0.2, 0) is 14.4 Å². The summed E-state index contributed by atoms with van der Waals surface area (Å²) in [4.78, 5) is 42.6. The normalized spacial score (nSPS) is 23.5. The lowest BCUT2D eigenvalue weighted by atomic mass is 10.1. The van der Waals surface area contributed by atoms with Crippen molar-refractivity contribution in [1.82, 2.24) is 9.80 Å². The zero-order valence-corrected chi connectivity index (χ0v) is 15.3. The van der Waals surface area contributed by atoms with E-state index in [1.807, 2.05) is 4.90 Å². The molecule has 3 fully saturated rings. The fourth-order valence-corrected chi connectivity index (χ4v) is 3.86. The summed E-state index contributed by atoms with van der Waals surface area (Å²) in [5.74, 6) is 0.130. The van der Waals surface area contributed by atoms with Crippen molar-refractivity contribution in [2.75, 3.05) is 37.6 Å². The van der Waals surface area contributed by atoms with Crippen LogP contribution in [0.5, 0.6) is 0 Å². The summed E-state index contributed by atoms with van der Waals surface area (Å²) in [6, 6.07) is 7.09. The van der Waals surface area contributed by atoms with Crippen LogP contribution in [0.15, 0.2) is 24.3 Å². The van der Waals surface area contributed by atoms with Gasteiger partial charge in [0.2, 0.25) is 17.7 Å². The van der Waals surface area contributed by atoms with Crippen LogP contribution in [-0.4, -0.2) is 60.2 Å². The lowest BCUT2D eigenvalue weighted by Gasteiger charge is -2.36. The molecule has 4 rings (SSSR count). The van der Waals surface area contributed by atoms with Gasteiger partial charge in [0.15, 0.2) is 0 Å². The highest BCUT2D eigenvalue weighted by Gasteiger charge is 2.39. The molecule has 7 heteroatoms. The first-order chi connectivity index (χ1) is 12.5. The molecule has 1 atom stereocenters. The van der Waals surface area contributed by atoms with Gasteiger partial charge < -0.3 is 14.7 Å². The number of benzene rings is 1. The van der Waals surface area contributed by atoms with Crippen molar-refractivity contribution < 1.29 is 14.4 Å². The van der Waals surface area contributed by atoms with Crippen molar-refractivity contribution in [2.24, 2.45) is 11.8 Å². The molecule has 1 aromatic carbocycles. The van der Waals surface area contributed by atoms with Crippen LogP contribution in [0.3, 0.4) is 0 Å². The number of rotatable bonds is 3. The maximum Gasteiger partial charge on any atom is 0.228 e. The first-order valence-corrected chi connectivity index (χ1v) is 9.54. The highest BCUT2D eigenvalue weighted by molar-refractivity contribution is 6.30. The van der Waals surface area contributed by atoms with Gasteiger partial charge in [0, 0.05) is 55.8 Å². The Morgan fingerprint density at radius 1 is 0.885 bits per heavy atom. The van der Waals surface area contributed by atoms with Crippen molar-refractivity contribution in [3.63, 3.8) is 0 Å². The van der Waals surface area contributed by atoms with Crippen LogP contribution in [0.2, 0.25) is 5.02 Å². The number of halogens is 1. The lowest BCUT2D eigenvalue weighted by Crippen LogP contribution is -2.52. The van der Waals surface area contributed by atoms with E-state index >= 15 is 0 Å². The standard InChI is InChI=1S/C19H22ClN3O3/c20-15-3-5-16(6-4-15)23-12-14(11-17(23)24)19(26)22-9-7-21(8-10-22)18(25)13-1-2-13/h3-6,13-14H,1-2,7-12H2/t14-/m0/s1. The number of hydrogen-bond donors (Lipinski definition) is 0. The van der Waals surface area contributed by atoms with Crippen molar-refractivity contribution in [1.29, 1.82) is 0 Å². The number of nitrogens with zero attached hydrogens (tertiary/aromatic N) is 3. The molecule has 2 heterocycles. The van der Waals surface area contributed by atoms with Crippen molar-refractivity contribution in [3.05, 3.63) is 29.3 Å². The molecule has 0 radical (unpaired) electrons. The Morgan fingerprint density at radius 2 is 1.42 bits per heavy atom. The summed E-state index contributed by atoms with van der Waals surface area (Å²) >= 11 is 5.90. The van der Waals surface area contributed by atoms with Gasteiger partial charge >= 0.3 is 0 Å². The molecule has 138 valence electrons. The largest absolute Gasteiger partial charge is 0.339 e. The molecule has 3 amide bonds.